The SMILES string of the molecule is COc1cc2c(cc1OC)-c1cc(N(c3c(C)cc(C)cc3C)C(C)CCC(=O)O)nc(=O)n1CC2. The molecule has 3 aromatic rings. The number of carboxylic acids is 1. The lowest BCUT2D eigenvalue weighted by Gasteiger charge is -2.34. The van der Waals surface area contributed by atoms with E-state index >= 15 is 0 Å². The fraction of sp³-hybridized carbons (Fsp3) is 0.393. The zero-order valence-electron chi connectivity index (χ0n) is 21.7. The summed E-state index contributed by atoms with van der Waals surface area (Å²) in [6.45, 7) is 8.60. The fourth-order valence-electron chi connectivity index (χ4n) is 5.23. The van der Waals surface area contributed by atoms with Crippen molar-refractivity contribution in [3.63, 3.8) is 0 Å². The Labute approximate surface area is 211 Å². The van der Waals surface area contributed by atoms with Crippen molar-refractivity contribution in [1.82, 2.24) is 9.55 Å². The third kappa shape index (κ3) is 4.67. The number of carboxylic acid groups (broad SMARTS) is 1. The molecule has 1 aromatic heterocycles. The molecule has 2 aromatic carbocycles. The molecule has 1 aliphatic heterocycles. The summed E-state index contributed by atoms with van der Waals surface area (Å²) in [5.74, 6) is 0.887. The van der Waals surface area contributed by atoms with Crippen LogP contribution in [-0.4, -0.2) is 40.9 Å². The molecule has 8 heteroatoms. The van der Waals surface area contributed by atoms with Gasteiger partial charge < -0.3 is 19.5 Å². The average molecular weight is 492 g/mol. The van der Waals surface area contributed by atoms with Crippen molar-refractivity contribution in [3.05, 3.63) is 63.1 Å². The topological polar surface area (TPSA) is 93.9 Å². The highest BCUT2D eigenvalue weighted by Crippen LogP contribution is 2.40. The number of carbonyl (C=O) groups is 1. The van der Waals surface area contributed by atoms with Gasteiger partial charge in [0.05, 0.1) is 19.9 Å². The van der Waals surface area contributed by atoms with E-state index in [1.807, 2.05) is 50.8 Å². The normalized spacial score (nSPS) is 12.9. The molecule has 2 heterocycles. The van der Waals surface area contributed by atoms with Gasteiger partial charge in [0, 0.05) is 36.3 Å². The molecular weight excluding hydrogens is 458 g/mol. The van der Waals surface area contributed by atoms with Crippen LogP contribution in [0.25, 0.3) is 11.3 Å². The van der Waals surface area contributed by atoms with Crippen molar-refractivity contribution in [2.24, 2.45) is 0 Å². The number of nitrogens with zero attached hydrogens (tertiary/aromatic N) is 3. The first-order valence-electron chi connectivity index (χ1n) is 12.1. The number of benzene rings is 2. The van der Waals surface area contributed by atoms with Crippen molar-refractivity contribution in [2.75, 3.05) is 19.1 Å². The van der Waals surface area contributed by atoms with E-state index in [0.717, 1.165) is 39.2 Å². The van der Waals surface area contributed by atoms with Gasteiger partial charge in [-0.2, -0.15) is 4.98 Å². The second kappa shape index (κ2) is 10.0. The lowest BCUT2D eigenvalue weighted by molar-refractivity contribution is -0.137. The second-order valence-corrected chi connectivity index (χ2v) is 9.45. The molecule has 1 unspecified atom stereocenters. The van der Waals surface area contributed by atoms with Gasteiger partial charge in [0.1, 0.15) is 5.82 Å². The molecule has 1 atom stereocenters. The first-order valence-corrected chi connectivity index (χ1v) is 12.1. The molecule has 0 saturated carbocycles. The van der Waals surface area contributed by atoms with Crippen LogP contribution in [0.15, 0.2) is 35.1 Å². The zero-order valence-corrected chi connectivity index (χ0v) is 21.7. The predicted octanol–water partition coefficient (Wildman–Crippen LogP) is 4.80. The summed E-state index contributed by atoms with van der Waals surface area (Å²) in [6, 6.07) is 9.78. The molecule has 8 nitrogen and oxygen atoms in total. The number of aromatic nitrogens is 2. The molecule has 0 amide bonds. The van der Waals surface area contributed by atoms with Crippen molar-refractivity contribution in [1.29, 1.82) is 0 Å². The van der Waals surface area contributed by atoms with Gasteiger partial charge in [-0.05, 0) is 69.4 Å². The van der Waals surface area contributed by atoms with Crippen LogP contribution < -0.4 is 20.1 Å². The number of anilines is 2. The van der Waals surface area contributed by atoms with Crippen LogP contribution in [0.2, 0.25) is 0 Å². The van der Waals surface area contributed by atoms with Crippen LogP contribution >= 0.6 is 0 Å². The Hall–Kier alpha value is -3.81. The number of methoxy groups -OCH3 is 2. The minimum Gasteiger partial charge on any atom is -0.493 e. The van der Waals surface area contributed by atoms with E-state index in [0.29, 0.717) is 36.7 Å². The van der Waals surface area contributed by atoms with Gasteiger partial charge in [0.15, 0.2) is 11.5 Å². The van der Waals surface area contributed by atoms with Gasteiger partial charge in [0.2, 0.25) is 0 Å². The molecule has 1 aliphatic rings. The minimum atomic E-state index is -0.854. The minimum absolute atomic E-state index is 0.0192. The zero-order chi connectivity index (χ0) is 26.1. The summed E-state index contributed by atoms with van der Waals surface area (Å²) < 4.78 is 12.7. The molecule has 4 rings (SSSR count). The molecule has 0 fully saturated rings. The van der Waals surface area contributed by atoms with E-state index in [1.165, 1.54) is 0 Å². The number of ether oxygens (including phenoxy) is 2. The lowest BCUT2D eigenvalue weighted by Crippen LogP contribution is -2.35. The van der Waals surface area contributed by atoms with Crippen molar-refractivity contribution < 1.29 is 19.4 Å². The fourth-order valence-corrected chi connectivity index (χ4v) is 5.23. The van der Waals surface area contributed by atoms with E-state index in [2.05, 4.69) is 17.1 Å². The lowest BCUT2D eigenvalue weighted by atomic mass is 9.96. The summed E-state index contributed by atoms with van der Waals surface area (Å²) in [6.07, 6.45) is 1.10. The summed E-state index contributed by atoms with van der Waals surface area (Å²) in [7, 11) is 3.20. The van der Waals surface area contributed by atoms with Crippen LogP contribution in [0.5, 0.6) is 11.5 Å². The Morgan fingerprint density at radius 3 is 2.33 bits per heavy atom. The van der Waals surface area contributed by atoms with Crippen molar-refractivity contribution in [2.45, 2.75) is 59.5 Å². The molecular formula is C28H33N3O5. The maximum absolute atomic E-state index is 13.3. The Morgan fingerprint density at radius 2 is 1.72 bits per heavy atom. The predicted molar refractivity (Wildman–Crippen MR) is 140 cm³/mol. The van der Waals surface area contributed by atoms with Crippen LogP contribution in [0.4, 0.5) is 11.5 Å². The molecule has 1 N–H and O–H groups in total. The average Bonchev–Trinajstić information content (AvgIpc) is 2.83. The van der Waals surface area contributed by atoms with E-state index in [1.54, 1.807) is 18.8 Å². The van der Waals surface area contributed by atoms with Crippen LogP contribution in [-0.2, 0) is 17.8 Å². The highest BCUT2D eigenvalue weighted by atomic mass is 16.5. The largest absolute Gasteiger partial charge is 0.493 e. The van der Waals surface area contributed by atoms with E-state index in [4.69, 9.17) is 9.47 Å². The molecule has 0 aliphatic carbocycles. The Kier molecular flexibility index (Phi) is 7.06. The van der Waals surface area contributed by atoms with Crippen LogP contribution in [0.1, 0.15) is 42.0 Å². The van der Waals surface area contributed by atoms with Crippen molar-refractivity contribution >= 4 is 17.5 Å². The first kappa shape index (κ1) is 25.3. The van der Waals surface area contributed by atoms with E-state index < -0.39 is 5.97 Å². The van der Waals surface area contributed by atoms with Crippen LogP contribution in [0, 0.1) is 20.8 Å². The van der Waals surface area contributed by atoms with Gasteiger partial charge in [-0.3, -0.25) is 9.36 Å². The molecule has 190 valence electrons. The number of hydrogen-bond acceptors (Lipinski definition) is 6. The highest BCUT2D eigenvalue weighted by molar-refractivity contribution is 5.75. The molecule has 0 radical (unpaired) electrons. The summed E-state index contributed by atoms with van der Waals surface area (Å²) in [5, 5.41) is 9.32. The van der Waals surface area contributed by atoms with E-state index in [-0.39, 0.29) is 18.2 Å². The molecule has 0 bridgehead atoms. The summed E-state index contributed by atoms with van der Waals surface area (Å²) >= 11 is 0. The summed E-state index contributed by atoms with van der Waals surface area (Å²) in [4.78, 5) is 31.2. The smallest absolute Gasteiger partial charge is 0.350 e. The summed E-state index contributed by atoms with van der Waals surface area (Å²) in [5.41, 5.74) is 6.56. The monoisotopic (exact) mass is 491 g/mol. The van der Waals surface area contributed by atoms with Gasteiger partial charge in [-0.15, -0.1) is 0 Å². The maximum atomic E-state index is 13.3. The van der Waals surface area contributed by atoms with Gasteiger partial charge in [-0.1, -0.05) is 17.7 Å². The molecule has 0 saturated heterocycles. The number of rotatable bonds is 8. The van der Waals surface area contributed by atoms with Gasteiger partial charge >= 0.3 is 11.7 Å². The quantitative estimate of drug-likeness (QED) is 0.484. The third-order valence-electron chi connectivity index (χ3n) is 6.83. The van der Waals surface area contributed by atoms with Crippen LogP contribution in [0.3, 0.4) is 0 Å². The highest BCUT2D eigenvalue weighted by Gasteiger charge is 2.27. The maximum Gasteiger partial charge on any atom is 0.350 e. The Morgan fingerprint density at radius 1 is 1.08 bits per heavy atom. The van der Waals surface area contributed by atoms with Crippen molar-refractivity contribution in [3.8, 4) is 22.8 Å². The number of aryl methyl sites for hydroxylation is 4. The number of hydrogen-bond donors (Lipinski definition) is 1. The Bertz CT molecular complexity index is 1360. The standard InChI is InChI=1S/C28H33N3O5/c1-16-11-17(2)27(18(3)12-16)31(19(4)7-8-26(32)33)25-15-22-21-14-24(36-6)23(35-5)13-20(21)9-10-30(22)28(34)29-25/h11-15,19H,7-10H2,1-6H3,(H,32,33). The third-order valence-corrected chi connectivity index (χ3v) is 6.83. The van der Waals surface area contributed by atoms with E-state index in [9.17, 15) is 14.7 Å². The number of fused-ring (bicyclic) bond motifs is 3. The van der Waals surface area contributed by atoms with Gasteiger partial charge in [-0.25, -0.2) is 4.79 Å². The Balaban J connectivity index is 1.93. The van der Waals surface area contributed by atoms with Gasteiger partial charge in [0.25, 0.3) is 0 Å². The molecule has 36 heavy (non-hydrogen) atoms. The molecule has 0 spiro atoms. The second-order valence-electron chi connectivity index (χ2n) is 9.45. The first-order chi connectivity index (χ1) is 17.1. The number of aliphatic carboxylic acids is 1.